The second-order valence-corrected chi connectivity index (χ2v) is 9.28. The summed E-state index contributed by atoms with van der Waals surface area (Å²) in [6.07, 6.45) is 5.02. The van der Waals surface area contributed by atoms with Crippen molar-refractivity contribution in [3.63, 3.8) is 0 Å². The zero-order valence-electron chi connectivity index (χ0n) is 17.7. The summed E-state index contributed by atoms with van der Waals surface area (Å²) in [7, 11) is 0. The van der Waals surface area contributed by atoms with E-state index in [4.69, 9.17) is 17.3 Å². The molecule has 0 saturated heterocycles. The van der Waals surface area contributed by atoms with E-state index >= 15 is 0 Å². The van der Waals surface area contributed by atoms with Crippen molar-refractivity contribution in [2.45, 2.75) is 57.1 Å². The van der Waals surface area contributed by atoms with Gasteiger partial charge in [-0.25, -0.2) is 0 Å². The van der Waals surface area contributed by atoms with Gasteiger partial charge in [0.25, 0.3) is 5.91 Å². The molecule has 3 aromatic rings. The molecule has 5 rings (SSSR count). The molecule has 0 unspecified atom stereocenters. The number of hydrogen-bond donors (Lipinski definition) is 3. The normalized spacial score (nSPS) is 20.9. The molecule has 32 heavy (non-hydrogen) atoms. The van der Waals surface area contributed by atoms with Crippen LogP contribution in [0.2, 0.25) is 5.02 Å². The Morgan fingerprint density at radius 3 is 2.62 bits per heavy atom. The van der Waals surface area contributed by atoms with Crippen molar-refractivity contribution in [3.8, 4) is 11.1 Å². The molecule has 4 N–H and O–H groups in total. The Morgan fingerprint density at radius 1 is 1.09 bits per heavy atom. The van der Waals surface area contributed by atoms with Gasteiger partial charge in [-0.05, 0) is 74.4 Å². The van der Waals surface area contributed by atoms with Crippen LogP contribution in [-0.2, 0) is 6.42 Å². The summed E-state index contributed by atoms with van der Waals surface area (Å²) in [5.41, 5.74) is 10.5. The number of halogens is 1. The maximum absolute atomic E-state index is 12.8. The first-order valence-corrected chi connectivity index (χ1v) is 11.5. The van der Waals surface area contributed by atoms with Crippen LogP contribution in [0.4, 0.5) is 5.69 Å². The molecule has 0 bridgehead atoms. The molecule has 0 spiro atoms. The van der Waals surface area contributed by atoms with Gasteiger partial charge in [-0.3, -0.25) is 14.2 Å². The number of aliphatic hydroxyl groups excluding tert-OH is 1. The Hall–Kier alpha value is -2.83. The molecule has 2 heterocycles. The lowest BCUT2D eigenvalue weighted by Crippen LogP contribution is -2.29. The van der Waals surface area contributed by atoms with Crippen molar-refractivity contribution in [1.29, 1.82) is 0 Å². The fourth-order valence-corrected chi connectivity index (χ4v) is 5.33. The minimum atomic E-state index is -0.489. The molecule has 1 fully saturated rings. The summed E-state index contributed by atoms with van der Waals surface area (Å²) < 4.78 is 1.82. The summed E-state index contributed by atoms with van der Waals surface area (Å²) in [5.74, 6) is -0.394. The molecule has 1 saturated carbocycles. The number of carbonyl (C=O) groups is 2. The standard InChI is InChI=1S/C25H26ClN3O3/c26-15-5-11-21-19(13-15)24(22-2-1-3-23(31)29(21)22)14-4-10-18(25(27)32)20(12-14)28-16-6-8-17(30)9-7-16/h4-5,10-13,16-17,28,30H,1-3,6-9H2,(H2,27,32). The molecule has 1 aliphatic carbocycles. The first kappa shape index (κ1) is 21.0. The van der Waals surface area contributed by atoms with E-state index < -0.39 is 5.91 Å². The summed E-state index contributed by atoms with van der Waals surface area (Å²) >= 11 is 6.33. The number of nitrogens with one attached hydrogen (secondary N) is 1. The third-order valence-electron chi connectivity index (χ3n) is 6.71. The van der Waals surface area contributed by atoms with E-state index in [0.717, 1.165) is 66.2 Å². The first-order chi connectivity index (χ1) is 15.4. The molecular weight excluding hydrogens is 426 g/mol. The highest BCUT2D eigenvalue weighted by atomic mass is 35.5. The number of amides is 1. The predicted octanol–water partition coefficient (Wildman–Crippen LogP) is 4.75. The number of anilines is 1. The number of rotatable bonds is 4. The van der Waals surface area contributed by atoms with Gasteiger partial charge in [0.1, 0.15) is 0 Å². The van der Waals surface area contributed by atoms with Crippen LogP contribution >= 0.6 is 11.6 Å². The maximum Gasteiger partial charge on any atom is 0.250 e. The fourth-order valence-electron chi connectivity index (χ4n) is 5.15. The van der Waals surface area contributed by atoms with Crippen molar-refractivity contribution in [2.24, 2.45) is 5.73 Å². The van der Waals surface area contributed by atoms with E-state index in [1.807, 2.05) is 34.9 Å². The van der Waals surface area contributed by atoms with Gasteiger partial charge < -0.3 is 16.2 Å². The highest BCUT2D eigenvalue weighted by Crippen LogP contribution is 2.40. The monoisotopic (exact) mass is 451 g/mol. The minimum absolute atomic E-state index is 0.0951. The third-order valence-corrected chi connectivity index (χ3v) is 6.95. The topological polar surface area (TPSA) is 97.4 Å². The van der Waals surface area contributed by atoms with Crippen molar-refractivity contribution >= 4 is 40.0 Å². The van der Waals surface area contributed by atoms with E-state index in [1.165, 1.54) is 0 Å². The molecular formula is C25H26ClN3O3. The molecule has 0 radical (unpaired) electrons. The van der Waals surface area contributed by atoms with Crippen LogP contribution in [-0.4, -0.2) is 33.6 Å². The average Bonchev–Trinajstić information content (AvgIpc) is 3.09. The highest BCUT2D eigenvalue weighted by Gasteiger charge is 2.27. The fraction of sp³-hybridized carbons (Fsp3) is 0.360. The maximum atomic E-state index is 12.8. The SMILES string of the molecule is NC(=O)c1ccc(-c2c3n(c4ccc(Cl)cc24)C(=O)CCC3)cc1NC1CCC(O)CC1. The lowest BCUT2D eigenvalue weighted by atomic mass is 9.92. The van der Waals surface area contributed by atoms with Gasteiger partial charge in [-0.15, -0.1) is 0 Å². The number of nitrogens with zero attached hydrogens (tertiary/aromatic N) is 1. The van der Waals surface area contributed by atoms with Gasteiger partial charge in [0.2, 0.25) is 5.91 Å². The highest BCUT2D eigenvalue weighted by molar-refractivity contribution is 6.31. The Balaban J connectivity index is 1.65. The molecule has 6 nitrogen and oxygen atoms in total. The number of carbonyl (C=O) groups excluding carboxylic acids is 2. The molecule has 166 valence electrons. The van der Waals surface area contributed by atoms with Crippen LogP contribution in [0.15, 0.2) is 36.4 Å². The van der Waals surface area contributed by atoms with E-state index in [-0.39, 0.29) is 18.1 Å². The predicted molar refractivity (Wildman–Crippen MR) is 126 cm³/mol. The van der Waals surface area contributed by atoms with Gasteiger partial charge in [-0.1, -0.05) is 17.7 Å². The van der Waals surface area contributed by atoms with Crippen LogP contribution < -0.4 is 11.1 Å². The van der Waals surface area contributed by atoms with Crippen LogP contribution in [0.3, 0.4) is 0 Å². The van der Waals surface area contributed by atoms with Crippen LogP contribution in [0, 0.1) is 0 Å². The molecule has 1 aromatic heterocycles. The van der Waals surface area contributed by atoms with Crippen molar-refractivity contribution in [3.05, 3.63) is 52.7 Å². The van der Waals surface area contributed by atoms with Crippen molar-refractivity contribution in [2.75, 3.05) is 5.32 Å². The Bertz CT molecular complexity index is 1220. The zero-order chi connectivity index (χ0) is 22.4. The third kappa shape index (κ3) is 3.67. The minimum Gasteiger partial charge on any atom is -0.393 e. The van der Waals surface area contributed by atoms with Crippen LogP contribution in [0.1, 0.15) is 59.4 Å². The quantitative estimate of drug-likeness (QED) is 0.533. The summed E-state index contributed by atoms with van der Waals surface area (Å²) in [4.78, 5) is 24.9. The number of nitrogens with two attached hydrogens (primary N) is 1. The van der Waals surface area contributed by atoms with Gasteiger partial charge in [0.15, 0.2) is 0 Å². The number of benzene rings is 2. The van der Waals surface area contributed by atoms with E-state index in [2.05, 4.69) is 5.32 Å². The van der Waals surface area contributed by atoms with Gasteiger partial charge in [-0.2, -0.15) is 0 Å². The summed E-state index contributed by atoms with van der Waals surface area (Å²) in [5, 5.41) is 14.9. The van der Waals surface area contributed by atoms with Crippen LogP contribution in [0.5, 0.6) is 0 Å². The summed E-state index contributed by atoms with van der Waals surface area (Å²) in [6.45, 7) is 0. The number of primary amides is 1. The van der Waals surface area contributed by atoms with Gasteiger partial charge in [0.05, 0.1) is 17.2 Å². The smallest absolute Gasteiger partial charge is 0.250 e. The lowest BCUT2D eigenvalue weighted by molar-refractivity contribution is 0.0889. The number of fused-ring (bicyclic) bond motifs is 3. The van der Waals surface area contributed by atoms with Crippen molar-refractivity contribution < 1.29 is 14.7 Å². The lowest BCUT2D eigenvalue weighted by Gasteiger charge is -2.28. The molecule has 2 aromatic carbocycles. The van der Waals surface area contributed by atoms with Crippen molar-refractivity contribution in [1.82, 2.24) is 4.57 Å². The Morgan fingerprint density at radius 2 is 1.88 bits per heavy atom. The largest absolute Gasteiger partial charge is 0.393 e. The molecule has 1 amide bonds. The number of aliphatic hydroxyl groups is 1. The van der Waals surface area contributed by atoms with Gasteiger partial charge >= 0.3 is 0 Å². The van der Waals surface area contributed by atoms with Gasteiger partial charge in [0, 0.05) is 39.8 Å². The second-order valence-electron chi connectivity index (χ2n) is 8.84. The summed E-state index contributed by atoms with van der Waals surface area (Å²) in [6, 6.07) is 11.4. The van der Waals surface area contributed by atoms with E-state index in [0.29, 0.717) is 22.7 Å². The Kier molecular flexibility index (Phi) is 5.43. The van der Waals surface area contributed by atoms with E-state index in [1.54, 1.807) is 6.07 Å². The number of aromatic nitrogens is 1. The molecule has 0 atom stereocenters. The van der Waals surface area contributed by atoms with E-state index in [9.17, 15) is 14.7 Å². The molecule has 2 aliphatic rings. The molecule has 1 aliphatic heterocycles. The zero-order valence-corrected chi connectivity index (χ0v) is 18.5. The average molecular weight is 452 g/mol. The Labute approximate surface area is 191 Å². The second kappa shape index (κ2) is 8.26. The number of hydrogen-bond acceptors (Lipinski definition) is 4. The molecule has 7 heteroatoms. The first-order valence-electron chi connectivity index (χ1n) is 11.2. The van der Waals surface area contributed by atoms with Crippen LogP contribution in [0.25, 0.3) is 22.0 Å².